The SMILES string of the molecule is O=C(COc1ccc2c(-c3ccccc3)cc(=O)oc2c1)c1ccc(F)cc1. The zero-order valence-electron chi connectivity index (χ0n) is 14.7. The van der Waals surface area contributed by atoms with Gasteiger partial charge >= 0.3 is 5.63 Å². The van der Waals surface area contributed by atoms with Gasteiger partial charge in [0.15, 0.2) is 12.4 Å². The van der Waals surface area contributed by atoms with Crippen LogP contribution in [0.1, 0.15) is 10.4 Å². The van der Waals surface area contributed by atoms with Gasteiger partial charge in [0.25, 0.3) is 0 Å². The fourth-order valence-corrected chi connectivity index (χ4v) is 2.96. The number of halogens is 1. The van der Waals surface area contributed by atoms with Crippen LogP contribution >= 0.6 is 0 Å². The molecule has 0 radical (unpaired) electrons. The Morgan fingerprint density at radius 3 is 2.43 bits per heavy atom. The van der Waals surface area contributed by atoms with E-state index in [9.17, 15) is 14.0 Å². The third-order valence-corrected chi connectivity index (χ3v) is 4.34. The van der Waals surface area contributed by atoms with Crippen molar-refractivity contribution in [2.24, 2.45) is 0 Å². The van der Waals surface area contributed by atoms with Gasteiger partial charge in [-0.3, -0.25) is 4.79 Å². The van der Waals surface area contributed by atoms with Crippen LogP contribution in [0.3, 0.4) is 0 Å². The Morgan fingerprint density at radius 1 is 0.929 bits per heavy atom. The molecule has 0 amide bonds. The van der Waals surface area contributed by atoms with E-state index in [1.54, 1.807) is 18.2 Å². The number of hydrogen-bond acceptors (Lipinski definition) is 4. The van der Waals surface area contributed by atoms with Gasteiger partial charge < -0.3 is 9.15 Å². The van der Waals surface area contributed by atoms with E-state index in [2.05, 4.69) is 0 Å². The van der Waals surface area contributed by atoms with E-state index in [0.717, 1.165) is 16.5 Å². The first-order valence-electron chi connectivity index (χ1n) is 8.65. The number of carbonyl (C=O) groups is 1. The van der Waals surface area contributed by atoms with E-state index in [-0.39, 0.29) is 12.4 Å². The molecule has 5 heteroatoms. The summed E-state index contributed by atoms with van der Waals surface area (Å²) in [6, 6.07) is 21.3. The Kier molecular flexibility index (Phi) is 4.72. The van der Waals surface area contributed by atoms with Crippen LogP contribution in [-0.4, -0.2) is 12.4 Å². The van der Waals surface area contributed by atoms with E-state index in [1.807, 2.05) is 30.3 Å². The average molecular weight is 374 g/mol. The number of ether oxygens (including phenoxy) is 1. The number of ketones is 1. The lowest BCUT2D eigenvalue weighted by Gasteiger charge is -2.09. The summed E-state index contributed by atoms with van der Waals surface area (Å²) in [5, 5.41) is 0.767. The largest absolute Gasteiger partial charge is 0.485 e. The summed E-state index contributed by atoms with van der Waals surface area (Å²) in [7, 11) is 0. The van der Waals surface area contributed by atoms with Crippen LogP contribution < -0.4 is 10.4 Å². The molecule has 0 N–H and O–H groups in total. The van der Waals surface area contributed by atoms with E-state index < -0.39 is 11.4 Å². The maximum Gasteiger partial charge on any atom is 0.336 e. The molecule has 0 saturated carbocycles. The molecule has 1 aromatic heterocycles. The minimum atomic E-state index is -0.467. The number of Topliss-reactive ketones (excluding diaryl/α,β-unsaturated/α-hetero) is 1. The Labute approximate surface area is 159 Å². The molecular formula is C23H15FO4. The van der Waals surface area contributed by atoms with Gasteiger partial charge in [-0.2, -0.15) is 0 Å². The standard InChI is InChI=1S/C23H15FO4/c24-17-8-6-16(7-9-17)21(25)14-27-18-10-11-19-20(15-4-2-1-3-5-15)13-23(26)28-22(19)12-18/h1-13H,14H2. The van der Waals surface area contributed by atoms with Crippen molar-refractivity contribution in [1.29, 1.82) is 0 Å². The van der Waals surface area contributed by atoms with Crippen LogP contribution in [0.5, 0.6) is 5.75 Å². The average Bonchev–Trinajstić information content (AvgIpc) is 2.72. The van der Waals surface area contributed by atoms with Crippen molar-refractivity contribution in [3.63, 3.8) is 0 Å². The second kappa shape index (κ2) is 7.48. The molecule has 1 heterocycles. The fourth-order valence-electron chi connectivity index (χ4n) is 2.96. The molecule has 0 saturated heterocycles. The van der Waals surface area contributed by atoms with Crippen molar-refractivity contribution >= 4 is 16.8 Å². The number of carbonyl (C=O) groups excluding carboxylic acids is 1. The highest BCUT2D eigenvalue weighted by Crippen LogP contribution is 2.29. The van der Waals surface area contributed by atoms with Gasteiger partial charge in [-0.25, -0.2) is 9.18 Å². The third kappa shape index (κ3) is 3.69. The Hall–Kier alpha value is -3.73. The highest BCUT2D eigenvalue weighted by molar-refractivity contribution is 5.97. The fraction of sp³-hybridized carbons (Fsp3) is 0.0435. The Balaban J connectivity index is 1.60. The summed E-state index contributed by atoms with van der Waals surface area (Å²) in [6.45, 7) is -0.209. The summed E-state index contributed by atoms with van der Waals surface area (Å²) in [5.74, 6) is -0.285. The van der Waals surface area contributed by atoms with Gasteiger partial charge in [-0.05, 0) is 47.5 Å². The zero-order valence-corrected chi connectivity index (χ0v) is 14.7. The zero-order chi connectivity index (χ0) is 19.5. The lowest BCUT2D eigenvalue weighted by Crippen LogP contribution is -2.11. The minimum absolute atomic E-state index is 0.209. The second-order valence-electron chi connectivity index (χ2n) is 6.22. The van der Waals surface area contributed by atoms with E-state index in [4.69, 9.17) is 9.15 Å². The molecule has 0 unspecified atom stereocenters. The molecule has 0 spiro atoms. The quantitative estimate of drug-likeness (QED) is 0.370. The summed E-state index contributed by atoms with van der Waals surface area (Å²) in [4.78, 5) is 24.1. The number of hydrogen-bond donors (Lipinski definition) is 0. The maximum absolute atomic E-state index is 13.0. The number of fused-ring (bicyclic) bond motifs is 1. The van der Waals surface area contributed by atoms with Crippen molar-refractivity contribution in [1.82, 2.24) is 0 Å². The summed E-state index contributed by atoms with van der Waals surface area (Å²) >= 11 is 0. The second-order valence-corrected chi connectivity index (χ2v) is 6.22. The first-order valence-corrected chi connectivity index (χ1v) is 8.65. The molecule has 28 heavy (non-hydrogen) atoms. The van der Waals surface area contributed by atoms with E-state index >= 15 is 0 Å². The van der Waals surface area contributed by atoms with Crippen molar-refractivity contribution in [2.75, 3.05) is 6.61 Å². The van der Waals surface area contributed by atoms with Crippen LogP contribution in [0.25, 0.3) is 22.1 Å². The van der Waals surface area contributed by atoms with Gasteiger partial charge in [0.05, 0.1) is 0 Å². The summed E-state index contributed by atoms with van der Waals surface area (Å²) in [5.41, 5.74) is 1.94. The molecule has 0 bridgehead atoms. The molecule has 0 aliphatic heterocycles. The molecule has 0 aliphatic carbocycles. The smallest absolute Gasteiger partial charge is 0.336 e. The number of benzene rings is 3. The van der Waals surface area contributed by atoms with Crippen LogP contribution in [0.2, 0.25) is 0 Å². The monoisotopic (exact) mass is 374 g/mol. The normalized spacial score (nSPS) is 10.8. The molecule has 0 atom stereocenters. The van der Waals surface area contributed by atoms with Gasteiger partial charge in [0, 0.05) is 23.1 Å². The summed E-state index contributed by atoms with van der Waals surface area (Å²) in [6.07, 6.45) is 0. The molecule has 3 aromatic carbocycles. The van der Waals surface area contributed by atoms with Crippen molar-refractivity contribution in [2.45, 2.75) is 0 Å². The molecule has 4 rings (SSSR count). The molecular weight excluding hydrogens is 359 g/mol. The predicted octanol–water partition coefficient (Wildman–Crippen LogP) is 4.86. The highest BCUT2D eigenvalue weighted by atomic mass is 19.1. The topological polar surface area (TPSA) is 56.5 Å². The van der Waals surface area contributed by atoms with Crippen LogP contribution in [0.15, 0.2) is 88.1 Å². The van der Waals surface area contributed by atoms with E-state index in [0.29, 0.717) is 16.9 Å². The van der Waals surface area contributed by atoms with Gasteiger partial charge in [-0.15, -0.1) is 0 Å². The number of rotatable bonds is 5. The lowest BCUT2D eigenvalue weighted by molar-refractivity contribution is 0.0921. The lowest BCUT2D eigenvalue weighted by atomic mass is 10.0. The molecule has 0 fully saturated rings. The summed E-state index contributed by atoms with van der Waals surface area (Å²) < 4.78 is 23.8. The van der Waals surface area contributed by atoms with Crippen LogP contribution in [0.4, 0.5) is 4.39 Å². The highest BCUT2D eigenvalue weighted by Gasteiger charge is 2.11. The Morgan fingerprint density at radius 2 is 1.68 bits per heavy atom. The molecule has 4 aromatic rings. The van der Waals surface area contributed by atoms with Crippen LogP contribution in [-0.2, 0) is 0 Å². The first-order chi connectivity index (χ1) is 13.6. The Bertz CT molecular complexity index is 1190. The molecule has 138 valence electrons. The van der Waals surface area contributed by atoms with Gasteiger partial charge in [0.1, 0.15) is 17.1 Å². The first kappa shape index (κ1) is 17.7. The van der Waals surface area contributed by atoms with Crippen LogP contribution in [0, 0.1) is 5.82 Å². The van der Waals surface area contributed by atoms with Crippen molar-refractivity contribution in [3.8, 4) is 16.9 Å². The van der Waals surface area contributed by atoms with Gasteiger partial charge in [-0.1, -0.05) is 30.3 Å². The minimum Gasteiger partial charge on any atom is -0.485 e. The predicted molar refractivity (Wildman–Crippen MR) is 104 cm³/mol. The molecule has 4 nitrogen and oxygen atoms in total. The van der Waals surface area contributed by atoms with Crippen molar-refractivity contribution < 1.29 is 18.3 Å². The van der Waals surface area contributed by atoms with E-state index in [1.165, 1.54) is 30.3 Å². The maximum atomic E-state index is 13.0. The molecule has 0 aliphatic rings. The van der Waals surface area contributed by atoms with Crippen molar-refractivity contribution in [3.05, 3.63) is 101 Å². The van der Waals surface area contributed by atoms with Gasteiger partial charge in [0.2, 0.25) is 0 Å². The third-order valence-electron chi connectivity index (χ3n) is 4.34.